The number of esters is 1. The topological polar surface area (TPSA) is 367 Å². The number of hydrogen-bond donors (Lipinski definition) is 12. The number of ether oxygens (including phenoxy) is 4. The lowest BCUT2D eigenvalue weighted by Gasteiger charge is -2.52. The molecule has 12 N–H and O–H groups in total. The minimum atomic E-state index is -5.41. The van der Waals surface area contributed by atoms with Gasteiger partial charge in [0.25, 0.3) is 0 Å². The van der Waals surface area contributed by atoms with Gasteiger partial charge in [0.05, 0.1) is 38.3 Å². The van der Waals surface area contributed by atoms with Gasteiger partial charge in [-0.2, -0.15) is 0 Å². The monoisotopic (exact) mass is 1180 g/mol. The summed E-state index contributed by atoms with van der Waals surface area (Å²) in [5.41, 5.74) is -2.68. The normalized spacial score (nSPS) is 25.9. The molecule has 0 radical (unpaired) electrons. The molecule has 25 heteroatoms. The summed E-state index contributed by atoms with van der Waals surface area (Å²) in [6, 6.07) is -1.76. The SMILES string of the molecule is CCCCCCCCCCCC(=O)O[C@H](CCCCCCCCCCC)CC(=O)N[C@H]1[C@H](OC[C@H]2O[C@H](O)[C@@](NC(=O)C[C@H](O)CCCCCCCCCCC)(C(C)OP(=O)(O)O)[C@@H](O)[C@@H]2O)O[C@H](CO)[C@@H](OP(=O)(O)O)[C@@H]1O. The second kappa shape index (κ2) is 40.5. The Bertz CT molecular complexity index is 1750. The van der Waals surface area contributed by atoms with Crippen LogP contribution in [0, 0.1) is 0 Å². The zero-order valence-electron chi connectivity index (χ0n) is 47.8. The minimum Gasteiger partial charge on any atom is -0.462 e. The zero-order chi connectivity index (χ0) is 58.9. The molecule has 2 heterocycles. The Hall–Kier alpha value is -1.73. The number of carbonyl (C=O) groups excluding carboxylic acids is 3. The van der Waals surface area contributed by atoms with Gasteiger partial charge in [0.2, 0.25) is 11.8 Å². The molecule has 0 aromatic carbocycles. The van der Waals surface area contributed by atoms with Crippen LogP contribution in [0.5, 0.6) is 0 Å². The number of aliphatic hydroxyl groups excluding tert-OH is 6. The summed E-state index contributed by atoms with van der Waals surface area (Å²) in [6.07, 6.45) is 7.10. The van der Waals surface area contributed by atoms with E-state index in [1.165, 1.54) is 51.4 Å². The van der Waals surface area contributed by atoms with Crippen LogP contribution in [-0.2, 0) is 51.5 Å². The molecule has 2 aliphatic heterocycles. The van der Waals surface area contributed by atoms with E-state index in [0.717, 1.165) is 110 Å². The van der Waals surface area contributed by atoms with E-state index in [1.807, 2.05) is 0 Å². The molecule has 466 valence electrons. The largest absolute Gasteiger partial charge is 0.470 e. The average molecular weight is 1180 g/mol. The van der Waals surface area contributed by atoms with E-state index >= 15 is 0 Å². The minimum absolute atomic E-state index is 0.144. The molecule has 0 aromatic heterocycles. The van der Waals surface area contributed by atoms with Crippen molar-refractivity contribution in [1.82, 2.24) is 10.6 Å². The Morgan fingerprint density at radius 3 is 1.57 bits per heavy atom. The van der Waals surface area contributed by atoms with Gasteiger partial charge in [-0.1, -0.05) is 181 Å². The molecule has 0 saturated carbocycles. The van der Waals surface area contributed by atoms with Gasteiger partial charge in [0.15, 0.2) is 12.6 Å². The summed E-state index contributed by atoms with van der Waals surface area (Å²) < 4.78 is 57.0. The number of unbranched alkanes of at least 4 members (excludes halogenated alkanes) is 24. The van der Waals surface area contributed by atoms with Gasteiger partial charge in [-0.25, -0.2) is 9.13 Å². The Balaban J connectivity index is 2.28. The first-order valence-electron chi connectivity index (χ1n) is 29.7. The van der Waals surface area contributed by atoms with Crippen molar-refractivity contribution < 1.29 is 102 Å². The van der Waals surface area contributed by atoms with Crippen molar-refractivity contribution in [2.75, 3.05) is 13.2 Å². The van der Waals surface area contributed by atoms with Crippen molar-refractivity contribution in [3.8, 4) is 0 Å². The first kappa shape index (κ1) is 73.4. The predicted molar refractivity (Wildman–Crippen MR) is 294 cm³/mol. The molecule has 1 unspecified atom stereocenters. The number of aliphatic hydroxyl groups is 6. The van der Waals surface area contributed by atoms with E-state index in [1.54, 1.807) is 0 Å². The Labute approximate surface area is 469 Å². The fraction of sp³-hybridized carbons (Fsp3) is 0.944. The molecule has 2 aliphatic rings. The molecule has 2 fully saturated rings. The first-order valence-corrected chi connectivity index (χ1v) is 32.8. The molecular weight excluding hydrogens is 1070 g/mol. The molecule has 0 spiro atoms. The van der Waals surface area contributed by atoms with Crippen LogP contribution in [0.1, 0.15) is 233 Å². The molecular formula is C54H104N2O21P2. The standard InChI is InChI=1S/C54H104N2O21P2/c1-5-8-11-14-17-20-23-26-29-32-40(58)35-45(60)56-54(39(4)76-78(66,67)68)51(64)48(62)43(75-53(54)65)38-72-52-47(49(63)50(42(37-57)74-52)77-79(69,70)71)55-44(59)36-41(33-30-27-24-21-18-15-12-9-6-2)73-46(61)34-31-28-25-22-19-16-13-10-7-3/h39-43,47-53,57-58,62-65H,5-38H2,1-4H3,(H,55,59)(H,56,60)(H2,66,67,68)(H2,69,70,71)/t39?,40-,41-,42-,43-,47-,48-,49-,50-,51+,52-,53+,54-/m1/s1. The highest BCUT2D eigenvalue weighted by Crippen LogP contribution is 2.44. The van der Waals surface area contributed by atoms with E-state index in [0.29, 0.717) is 25.7 Å². The van der Waals surface area contributed by atoms with Crippen LogP contribution in [0.3, 0.4) is 0 Å². The fourth-order valence-corrected chi connectivity index (χ4v) is 11.6. The molecule has 79 heavy (non-hydrogen) atoms. The number of phosphoric ester groups is 2. The third-order valence-electron chi connectivity index (χ3n) is 15.0. The van der Waals surface area contributed by atoms with E-state index in [-0.39, 0.29) is 12.8 Å². The van der Waals surface area contributed by atoms with Crippen LogP contribution in [0.2, 0.25) is 0 Å². The summed E-state index contributed by atoms with van der Waals surface area (Å²) in [7, 11) is -10.8. The summed E-state index contributed by atoms with van der Waals surface area (Å²) in [5, 5.41) is 72.2. The van der Waals surface area contributed by atoms with E-state index in [2.05, 4.69) is 31.4 Å². The van der Waals surface area contributed by atoms with Crippen LogP contribution in [0.4, 0.5) is 0 Å². The molecule has 0 aromatic rings. The molecule has 2 saturated heterocycles. The van der Waals surface area contributed by atoms with Gasteiger partial charge in [-0.05, 0) is 32.6 Å². The summed E-state index contributed by atoms with van der Waals surface area (Å²) in [5.74, 6) is -2.29. The van der Waals surface area contributed by atoms with Crippen LogP contribution < -0.4 is 10.6 Å². The first-order chi connectivity index (χ1) is 37.5. The highest BCUT2D eigenvalue weighted by Gasteiger charge is 2.61. The highest BCUT2D eigenvalue weighted by atomic mass is 31.2. The van der Waals surface area contributed by atoms with Gasteiger partial charge in [-0.15, -0.1) is 0 Å². The summed E-state index contributed by atoms with van der Waals surface area (Å²) in [4.78, 5) is 79.5. The average Bonchev–Trinajstić information content (AvgIpc) is 3.54. The lowest BCUT2D eigenvalue weighted by molar-refractivity contribution is -0.317. The zero-order valence-corrected chi connectivity index (χ0v) is 49.6. The quantitative estimate of drug-likeness (QED) is 0.0172. The lowest BCUT2D eigenvalue weighted by atomic mass is 9.79. The maximum atomic E-state index is 14.0. The molecule has 0 aliphatic carbocycles. The smallest absolute Gasteiger partial charge is 0.462 e. The summed E-state index contributed by atoms with van der Waals surface area (Å²) >= 11 is 0. The maximum absolute atomic E-state index is 14.0. The van der Waals surface area contributed by atoms with Gasteiger partial charge in [0.1, 0.15) is 54.3 Å². The van der Waals surface area contributed by atoms with Crippen molar-refractivity contribution >= 4 is 33.4 Å². The summed E-state index contributed by atoms with van der Waals surface area (Å²) in [6.45, 7) is 5.58. The van der Waals surface area contributed by atoms with Crippen molar-refractivity contribution in [3.05, 3.63) is 0 Å². The molecule has 0 bridgehead atoms. The number of carbonyl (C=O) groups is 3. The third kappa shape index (κ3) is 29.6. The van der Waals surface area contributed by atoms with Gasteiger partial charge < -0.3 is 79.8 Å². The van der Waals surface area contributed by atoms with Crippen molar-refractivity contribution in [3.63, 3.8) is 0 Å². The maximum Gasteiger partial charge on any atom is 0.470 e. The van der Waals surface area contributed by atoms with Gasteiger partial charge in [-0.3, -0.25) is 23.4 Å². The molecule has 2 rings (SSSR count). The number of amides is 2. The van der Waals surface area contributed by atoms with Gasteiger partial charge in [0, 0.05) is 6.42 Å². The molecule has 13 atom stereocenters. The molecule has 2 amide bonds. The Morgan fingerprint density at radius 2 is 1.09 bits per heavy atom. The van der Waals surface area contributed by atoms with E-state index in [9.17, 15) is 73.7 Å². The van der Waals surface area contributed by atoms with Crippen molar-refractivity contribution in [2.24, 2.45) is 0 Å². The molecule has 23 nitrogen and oxygen atoms in total. The predicted octanol–water partition coefficient (Wildman–Crippen LogP) is 6.65. The van der Waals surface area contributed by atoms with Gasteiger partial charge >= 0.3 is 21.6 Å². The second-order valence-electron chi connectivity index (χ2n) is 21.9. The number of nitrogens with one attached hydrogen (secondary N) is 2. The number of rotatable bonds is 46. The van der Waals surface area contributed by atoms with Crippen LogP contribution in [0.25, 0.3) is 0 Å². The third-order valence-corrected chi connectivity index (χ3v) is 16.1. The van der Waals surface area contributed by atoms with E-state index in [4.69, 9.17) is 28.0 Å². The van der Waals surface area contributed by atoms with E-state index < -0.39 is 139 Å². The Kier molecular flexibility index (Phi) is 37.6. The second-order valence-corrected chi connectivity index (χ2v) is 24.3. The Morgan fingerprint density at radius 1 is 0.608 bits per heavy atom. The number of phosphoric acid groups is 2. The van der Waals surface area contributed by atoms with Crippen LogP contribution >= 0.6 is 15.6 Å². The van der Waals surface area contributed by atoms with Crippen LogP contribution in [0.15, 0.2) is 0 Å². The highest BCUT2D eigenvalue weighted by molar-refractivity contribution is 7.46. The number of hydrogen-bond acceptors (Lipinski definition) is 17. The van der Waals surface area contributed by atoms with Crippen molar-refractivity contribution in [2.45, 2.75) is 312 Å². The fourth-order valence-electron chi connectivity index (χ4n) is 10.4. The van der Waals surface area contributed by atoms with Crippen LogP contribution in [-0.4, -0.2) is 160 Å². The van der Waals surface area contributed by atoms with Crippen molar-refractivity contribution in [1.29, 1.82) is 0 Å². The lowest BCUT2D eigenvalue weighted by Crippen LogP contribution is -2.77.